The van der Waals surface area contributed by atoms with E-state index in [1.807, 2.05) is 0 Å². The molecule has 0 aliphatic carbocycles. The van der Waals surface area contributed by atoms with Gasteiger partial charge in [0.15, 0.2) is 0 Å². The topological polar surface area (TPSA) is 32.3 Å². The van der Waals surface area contributed by atoms with Gasteiger partial charge in [-0.3, -0.25) is 4.79 Å². The number of hydrogen-bond donors (Lipinski definition) is 1. The molecule has 6 heteroatoms. The lowest BCUT2D eigenvalue weighted by molar-refractivity contribution is -0.156. The Morgan fingerprint density at radius 1 is 1.10 bits per heavy atom. The zero-order valence-electron chi connectivity index (χ0n) is 16.2. The molecule has 2 atom stereocenters. The number of halogens is 3. The zero-order chi connectivity index (χ0) is 20.4. The number of rotatable bonds is 1. The highest BCUT2D eigenvalue weighted by molar-refractivity contribution is 5.74. The fourth-order valence-electron chi connectivity index (χ4n) is 4.91. The monoisotopic (exact) mass is 402 g/mol. The molecule has 1 fully saturated rings. The number of piperidine rings is 1. The Morgan fingerprint density at radius 2 is 1.86 bits per heavy atom. The van der Waals surface area contributed by atoms with E-state index in [1.165, 1.54) is 50.0 Å². The molecule has 3 aliphatic heterocycles. The first kappa shape index (κ1) is 20.0. The number of aldehydes is 1. The van der Waals surface area contributed by atoms with Gasteiger partial charge >= 0.3 is 6.18 Å². The molecular formula is C23H25F3N2O. The molecule has 154 valence electrons. The number of fused-ring (bicyclic) bond motifs is 2. The van der Waals surface area contributed by atoms with E-state index < -0.39 is 12.5 Å². The van der Waals surface area contributed by atoms with Crippen LogP contribution in [0, 0.1) is 5.92 Å². The van der Waals surface area contributed by atoms with Gasteiger partial charge in [0.05, 0.1) is 0 Å². The third-order valence-corrected chi connectivity index (χ3v) is 6.13. The van der Waals surface area contributed by atoms with Gasteiger partial charge < -0.3 is 10.2 Å². The van der Waals surface area contributed by atoms with Crippen molar-refractivity contribution in [3.63, 3.8) is 0 Å². The molecule has 0 aromatic heterocycles. The number of carbonyl (C=O) groups excluding carboxylic acids is 1. The summed E-state index contributed by atoms with van der Waals surface area (Å²) in [6, 6.07) is 15.8. The summed E-state index contributed by atoms with van der Waals surface area (Å²) >= 11 is 0. The molecule has 0 radical (unpaired) electrons. The Bertz CT molecular complexity index is 866. The molecule has 0 saturated carbocycles. The van der Waals surface area contributed by atoms with E-state index in [2.05, 4.69) is 52.7 Å². The predicted octanol–water partition coefficient (Wildman–Crippen LogP) is 4.56. The molecule has 2 aromatic rings. The summed E-state index contributed by atoms with van der Waals surface area (Å²) in [5.41, 5.74) is 7.55. The van der Waals surface area contributed by atoms with E-state index in [0.717, 1.165) is 12.5 Å². The first-order valence-electron chi connectivity index (χ1n) is 10.2. The molecule has 3 nitrogen and oxygen atoms in total. The third-order valence-electron chi connectivity index (χ3n) is 6.13. The number of hydrogen-bond acceptors (Lipinski definition) is 3. The van der Waals surface area contributed by atoms with Crippen LogP contribution in [0.5, 0.6) is 0 Å². The lowest BCUT2D eigenvalue weighted by Gasteiger charge is -2.46. The molecule has 0 spiro atoms. The Hall–Kier alpha value is -2.34. The number of nitrogens with one attached hydrogen (secondary N) is 1. The van der Waals surface area contributed by atoms with Crippen LogP contribution < -0.4 is 10.2 Å². The van der Waals surface area contributed by atoms with Crippen molar-refractivity contribution in [2.45, 2.75) is 31.4 Å². The van der Waals surface area contributed by atoms with Crippen LogP contribution in [0.4, 0.5) is 18.9 Å². The zero-order valence-corrected chi connectivity index (χ0v) is 16.2. The van der Waals surface area contributed by atoms with Gasteiger partial charge in [0.25, 0.3) is 0 Å². The second-order valence-electron chi connectivity index (χ2n) is 8.01. The summed E-state index contributed by atoms with van der Waals surface area (Å²) in [4.78, 5) is 11.4. The molecule has 3 aliphatic rings. The van der Waals surface area contributed by atoms with Gasteiger partial charge in [0, 0.05) is 31.2 Å². The van der Waals surface area contributed by atoms with E-state index in [0.29, 0.717) is 5.92 Å². The minimum Gasteiger partial charge on any atom is -0.371 e. The maximum absolute atomic E-state index is 10.4. The van der Waals surface area contributed by atoms with Gasteiger partial charge in [0.1, 0.15) is 0 Å². The number of aryl methyl sites for hydroxylation is 1. The van der Waals surface area contributed by atoms with Crippen LogP contribution in [-0.4, -0.2) is 38.6 Å². The molecule has 5 rings (SSSR count). The maximum Gasteiger partial charge on any atom is 0.446 e. The Balaban J connectivity index is 0.000000302. The van der Waals surface area contributed by atoms with Crippen molar-refractivity contribution >= 4 is 12.0 Å². The highest BCUT2D eigenvalue weighted by Crippen LogP contribution is 2.46. The van der Waals surface area contributed by atoms with Crippen LogP contribution in [0.25, 0.3) is 11.1 Å². The number of carbonyl (C=O) groups is 1. The minimum atomic E-state index is -4.64. The fraction of sp³-hybridized carbons (Fsp3) is 0.435. The number of benzene rings is 2. The van der Waals surface area contributed by atoms with Crippen molar-refractivity contribution in [1.82, 2.24) is 5.32 Å². The molecular weight excluding hydrogens is 377 g/mol. The van der Waals surface area contributed by atoms with Crippen molar-refractivity contribution in [3.05, 3.63) is 53.6 Å². The summed E-state index contributed by atoms with van der Waals surface area (Å²) in [5, 5.41) is 3.64. The summed E-state index contributed by atoms with van der Waals surface area (Å²) in [7, 11) is 0. The molecule has 29 heavy (non-hydrogen) atoms. The smallest absolute Gasteiger partial charge is 0.371 e. The maximum atomic E-state index is 10.4. The van der Waals surface area contributed by atoms with Crippen molar-refractivity contribution in [3.8, 4) is 11.1 Å². The van der Waals surface area contributed by atoms with Crippen LogP contribution in [0.15, 0.2) is 42.5 Å². The molecule has 1 saturated heterocycles. The minimum absolute atomic E-state index is 0.704. The van der Waals surface area contributed by atoms with E-state index in [-0.39, 0.29) is 0 Å². The Labute approximate surface area is 168 Å². The second-order valence-corrected chi connectivity index (χ2v) is 8.01. The molecule has 0 unspecified atom stereocenters. The molecule has 0 amide bonds. The normalized spacial score (nSPS) is 22.7. The first-order valence-corrected chi connectivity index (χ1v) is 10.2. The van der Waals surface area contributed by atoms with Gasteiger partial charge in [0.2, 0.25) is 6.29 Å². The largest absolute Gasteiger partial charge is 0.446 e. The predicted molar refractivity (Wildman–Crippen MR) is 108 cm³/mol. The van der Waals surface area contributed by atoms with Crippen LogP contribution in [0.3, 0.4) is 0 Å². The lowest BCUT2D eigenvalue weighted by atomic mass is 9.74. The van der Waals surface area contributed by atoms with Gasteiger partial charge in [-0.05, 0) is 66.1 Å². The van der Waals surface area contributed by atoms with Crippen LogP contribution in [0.2, 0.25) is 0 Å². The average molecular weight is 402 g/mol. The Kier molecular flexibility index (Phi) is 5.63. The molecule has 1 N–H and O–H groups in total. The van der Waals surface area contributed by atoms with Crippen molar-refractivity contribution in [1.29, 1.82) is 0 Å². The van der Waals surface area contributed by atoms with E-state index in [4.69, 9.17) is 4.79 Å². The highest BCUT2D eigenvalue weighted by atomic mass is 19.4. The summed E-state index contributed by atoms with van der Waals surface area (Å²) in [6.07, 6.45) is -1.83. The van der Waals surface area contributed by atoms with E-state index >= 15 is 0 Å². The summed E-state index contributed by atoms with van der Waals surface area (Å²) < 4.78 is 31.2. The Morgan fingerprint density at radius 3 is 2.59 bits per heavy atom. The van der Waals surface area contributed by atoms with Gasteiger partial charge in [-0.1, -0.05) is 30.3 Å². The van der Waals surface area contributed by atoms with Gasteiger partial charge in [-0.25, -0.2) is 0 Å². The summed E-state index contributed by atoms with van der Waals surface area (Å²) in [5.74, 6) is 1.54. The van der Waals surface area contributed by atoms with Crippen molar-refractivity contribution in [2.24, 2.45) is 5.92 Å². The molecule has 0 bridgehead atoms. The SMILES string of the molecule is O=CC(F)(F)F.c1ccc(-c2cc3c4c(c2)[C@@H]2CNCC[C@@H]2CN4CCC3)cc1. The van der Waals surface area contributed by atoms with Crippen molar-refractivity contribution < 1.29 is 18.0 Å². The second kappa shape index (κ2) is 8.19. The number of nitrogens with zero attached hydrogens (tertiary/aromatic N) is 1. The van der Waals surface area contributed by atoms with Crippen molar-refractivity contribution in [2.75, 3.05) is 31.1 Å². The molecule has 2 aromatic carbocycles. The quantitative estimate of drug-likeness (QED) is 0.710. The first-order chi connectivity index (χ1) is 14.0. The van der Waals surface area contributed by atoms with Crippen LogP contribution in [-0.2, 0) is 11.2 Å². The number of alkyl halides is 3. The third kappa shape index (κ3) is 4.32. The van der Waals surface area contributed by atoms with Gasteiger partial charge in [-0.15, -0.1) is 0 Å². The standard InChI is InChI=1S/C21H24N2.C2HF3O/c1-2-5-15(6-3-1)18-11-16-7-4-10-23-14-17-8-9-22-13-20(17)19(12-18)21(16)23;3-2(4,5)1-6/h1-3,5-6,11-12,17,20,22H,4,7-10,13-14H2;1H/t17-,20-;/m1./s1. The van der Waals surface area contributed by atoms with Gasteiger partial charge in [-0.2, -0.15) is 13.2 Å². The highest BCUT2D eigenvalue weighted by Gasteiger charge is 2.37. The van der Waals surface area contributed by atoms with Crippen LogP contribution >= 0.6 is 0 Å². The number of anilines is 1. The van der Waals surface area contributed by atoms with Crippen LogP contribution in [0.1, 0.15) is 29.9 Å². The summed E-state index contributed by atoms with van der Waals surface area (Å²) in [6.45, 7) is 4.87. The van der Waals surface area contributed by atoms with E-state index in [9.17, 15) is 13.2 Å². The average Bonchev–Trinajstić information content (AvgIpc) is 2.74. The molecule has 3 heterocycles. The van der Waals surface area contributed by atoms with E-state index in [1.54, 1.807) is 16.8 Å². The fourth-order valence-corrected chi connectivity index (χ4v) is 4.91. The lowest BCUT2D eigenvalue weighted by Crippen LogP contribution is -2.47.